The molecular weight excluding hydrogens is 520 g/mol. The summed E-state index contributed by atoms with van der Waals surface area (Å²) in [5, 5.41) is 11.6. The van der Waals surface area contributed by atoms with E-state index in [1.54, 1.807) is 12.1 Å². The number of nitrogens with one attached hydrogen (secondary N) is 1. The summed E-state index contributed by atoms with van der Waals surface area (Å²) < 4.78 is 12.4. The average Bonchev–Trinajstić information content (AvgIpc) is 3.67. The summed E-state index contributed by atoms with van der Waals surface area (Å²) in [6.07, 6.45) is 0.942. The van der Waals surface area contributed by atoms with Gasteiger partial charge in [-0.3, -0.25) is 14.3 Å². The molecule has 11 nitrogen and oxygen atoms in total. The number of rotatable bonds is 7. The number of hydrogen-bond acceptors (Lipinski definition) is 9. The molecule has 5 heterocycles. The van der Waals surface area contributed by atoms with Crippen LogP contribution in [0.3, 0.4) is 0 Å². The van der Waals surface area contributed by atoms with Gasteiger partial charge in [-0.1, -0.05) is 16.8 Å². The van der Waals surface area contributed by atoms with Crippen LogP contribution in [-0.4, -0.2) is 81.0 Å². The Morgan fingerprint density at radius 2 is 2.00 bits per heavy atom. The lowest BCUT2D eigenvalue weighted by molar-refractivity contribution is 0.0802. The SMILES string of the molecule is CC(C)N1CCC(NC(=O)c2cc(C(=O)N3CCOC3=O)nn2Cc2cc(-c3ccc(Cl)s3)on2)CC1. The van der Waals surface area contributed by atoms with Crippen LogP contribution in [0.5, 0.6) is 0 Å². The normalized spacial score (nSPS) is 17.0. The van der Waals surface area contributed by atoms with Crippen molar-refractivity contribution in [3.8, 4) is 10.6 Å². The molecule has 3 aromatic heterocycles. The number of likely N-dealkylation sites (tertiary alicyclic amines) is 1. The van der Waals surface area contributed by atoms with Crippen molar-refractivity contribution in [2.24, 2.45) is 0 Å². The molecule has 0 aliphatic carbocycles. The van der Waals surface area contributed by atoms with Gasteiger partial charge in [-0.2, -0.15) is 5.10 Å². The molecule has 37 heavy (non-hydrogen) atoms. The Balaban J connectivity index is 1.37. The highest BCUT2D eigenvalue weighted by Gasteiger charge is 2.32. The molecular formula is C24H27ClN6O5S. The number of thiophene rings is 1. The first kappa shape index (κ1) is 25.4. The summed E-state index contributed by atoms with van der Waals surface area (Å²) in [7, 11) is 0. The van der Waals surface area contributed by atoms with Crippen LogP contribution in [0, 0.1) is 0 Å². The lowest BCUT2D eigenvalue weighted by Gasteiger charge is -2.34. The van der Waals surface area contributed by atoms with Crippen molar-refractivity contribution in [2.45, 2.75) is 45.3 Å². The monoisotopic (exact) mass is 546 g/mol. The van der Waals surface area contributed by atoms with E-state index in [9.17, 15) is 14.4 Å². The van der Waals surface area contributed by atoms with E-state index in [2.05, 4.69) is 34.3 Å². The van der Waals surface area contributed by atoms with Crippen molar-refractivity contribution in [3.63, 3.8) is 0 Å². The molecule has 13 heteroatoms. The molecule has 0 aromatic carbocycles. The number of cyclic esters (lactones) is 1. The zero-order valence-corrected chi connectivity index (χ0v) is 22.0. The third kappa shape index (κ3) is 5.55. The third-order valence-electron chi connectivity index (χ3n) is 6.52. The number of carbonyl (C=O) groups is 3. The van der Waals surface area contributed by atoms with Crippen molar-refractivity contribution in [3.05, 3.63) is 45.7 Å². The molecule has 0 unspecified atom stereocenters. The van der Waals surface area contributed by atoms with E-state index in [4.69, 9.17) is 20.9 Å². The van der Waals surface area contributed by atoms with Gasteiger partial charge in [0.2, 0.25) is 0 Å². The van der Waals surface area contributed by atoms with Crippen LogP contribution < -0.4 is 5.32 Å². The maximum absolute atomic E-state index is 13.3. The van der Waals surface area contributed by atoms with Gasteiger partial charge in [0, 0.05) is 37.3 Å². The first-order chi connectivity index (χ1) is 17.8. The largest absolute Gasteiger partial charge is 0.447 e. The minimum Gasteiger partial charge on any atom is -0.447 e. The number of halogens is 1. The van der Waals surface area contributed by atoms with E-state index in [0.717, 1.165) is 35.7 Å². The molecule has 3 aromatic rings. The smallest absolute Gasteiger partial charge is 0.417 e. The highest BCUT2D eigenvalue weighted by molar-refractivity contribution is 7.19. The van der Waals surface area contributed by atoms with Crippen molar-refractivity contribution < 1.29 is 23.6 Å². The van der Waals surface area contributed by atoms with Gasteiger partial charge in [-0.15, -0.1) is 11.3 Å². The molecule has 2 aliphatic heterocycles. The topological polar surface area (TPSA) is 123 Å². The highest BCUT2D eigenvalue weighted by atomic mass is 35.5. The van der Waals surface area contributed by atoms with E-state index in [1.807, 2.05) is 6.07 Å². The predicted molar refractivity (Wildman–Crippen MR) is 136 cm³/mol. The van der Waals surface area contributed by atoms with E-state index in [0.29, 0.717) is 21.8 Å². The molecule has 196 valence electrons. The summed E-state index contributed by atoms with van der Waals surface area (Å²) in [6.45, 7) is 6.48. The highest BCUT2D eigenvalue weighted by Crippen LogP contribution is 2.31. The van der Waals surface area contributed by atoms with Gasteiger partial charge in [0.25, 0.3) is 11.8 Å². The molecule has 3 amide bonds. The van der Waals surface area contributed by atoms with Gasteiger partial charge in [-0.25, -0.2) is 9.69 Å². The van der Waals surface area contributed by atoms with Gasteiger partial charge < -0.3 is 19.5 Å². The van der Waals surface area contributed by atoms with Crippen LogP contribution in [0.4, 0.5) is 4.79 Å². The quantitative estimate of drug-likeness (QED) is 0.478. The second-order valence-electron chi connectivity index (χ2n) is 9.31. The van der Waals surface area contributed by atoms with Gasteiger partial charge in [0.1, 0.15) is 18.0 Å². The van der Waals surface area contributed by atoms with Crippen molar-refractivity contribution in [2.75, 3.05) is 26.2 Å². The number of hydrogen-bond donors (Lipinski definition) is 1. The second-order valence-corrected chi connectivity index (χ2v) is 11.0. The van der Waals surface area contributed by atoms with Crippen LogP contribution in [-0.2, 0) is 11.3 Å². The van der Waals surface area contributed by atoms with Gasteiger partial charge in [-0.05, 0) is 38.8 Å². The maximum Gasteiger partial charge on any atom is 0.417 e. The van der Waals surface area contributed by atoms with Crippen molar-refractivity contribution in [1.82, 2.24) is 30.1 Å². The molecule has 0 bridgehead atoms. The molecule has 2 fully saturated rings. The minimum absolute atomic E-state index is 0.0146. The fourth-order valence-corrected chi connectivity index (χ4v) is 5.45. The Morgan fingerprint density at radius 1 is 1.22 bits per heavy atom. The fourth-order valence-electron chi connectivity index (χ4n) is 4.46. The summed E-state index contributed by atoms with van der Waals surface area (Å²) in [6, 6.07) is 7.23. The molecule has 5 rings (SSSR count). The summed E-state index contributed by atoms with van der Waals surface area (Å²) in [5.74, 6) is -0.417. The second kappa shape index (κ2) is 10.6. The minimum atomic E-state index is -0.724. The Labute approximate surface area is 222 Å². The van der Waals surface area contributed by atoms with E-state index in [-0.39, 0.29) is 43.0 Å². The Hall–Kier alpha value is -3.22. The van der Waals surface area contributed by atoms with Crippen LogP contribution >= 0.6 is 22.9 Å². The van der Waals surface area contributed by atoms with Gasteiger partial charge in [0.15, 0.2) is 11.5 Å². The van der Waals surface area contributed by atoms with E-state index in [1.165, 1.54) is 22.1 Å². The molecule has 1 N–H and O–H groups in total. The molecule has 0 atom stereocenters. The lowest BCUT2D eigenvalue weighted by atomic mass is 10.0. The first-order valence-electron chi connectivity index (χ1n) is 12.1. The predicted octanol–water partition coefficient (Wildman–Crippen LogP) is 3.50. The van der Waals surface area contributed by atoms with Gasteiger partial charge >= 0.3 is 6.09 Å². The lowest BCUT2D eigenvalue weighted by Crippen LogP contribution is -2.46. The molecule has 2 aliphatic rings. The molecule has 2 saturated heterocycles. The zero-order valence-electron chi connectivity index (χ0n) is 20.5. The van der Waals surface area contributed by atoms with E-state index < -0.39 is 12.0 Å². The zero-order chi connectivity index (χ0) is 26.1. The molecule has 0 saturated carbocycles. The number of amides is 3. The van der Waals surface area contributed by atoms with E-state index >= 15 is 0 Å². The Bertz CT molecular complexity index is 1310. The number of nitrogens with zero attached hydrogens (tertiary/aromatic N) is 5. The van der Waals surface area contributed by atoms with Crippen LogP contribution in [0.25, 0.3) is 10.6 Å². The fraction of sp³-hybridized carbons (Fsp3) is 0.458. The third-order valence-corrected chi connectivity index (χ3v) is 7.77. The van der Waals surface area contributed by atoms with Crippen molar-refractivity contribution in [1.29, 1.82) is 0 Å². The van der Waals surface area contributed by atoms with Gasteiger partial charge in [0.05, 0.1) is 22.3 Å². The molecule has 0 radical (unpaired) electrons. The summed E-state index contributed by atoms with van der Waals surface area (Å²) >= 11 is 7.39. The summed E-state index contributed by atoms with van der Waals surface area (Å²) in [4.78, 5) is 42.4. The average molecular weight is 547 g/mol. The first-order valence-corrected chi connectivity index (χ1v) is 13.3. The Kier molecular flexibility index (Phi) is 7.31. The van der Waals surface area contributed by atoms with Crippen molar-refractivity contribution >= 4 is 40.8 Å². The standard InChI is InChI=1S/C24H27ClN6O5S/c1-14(2)29-7-5-15(6-8-29)26-22(32)18-12-17(23(33)30-9-10-35-24(30)34)27-31(18)13-16-11-19(36-28-16)20-3-4-21(25)37-20/h3-4,11-12,14-15H,5-10,13H2,1-2H3,(H,26,32). The number of aromatic nitrogens is 3. The van der Waals surface area contributed by atoms with Crippen LogP contribution in [0.2, 0.25) is 4.34 Å². The number of imide groups is 1. The number of carbonyl (C=O) groups excluding carboxylic acids is 3. The van der Waals surface area contributed by atoms with Crippen LogP contribution in [0.15, 0.2) is 28.8 Å². The van der Waals surface area contributed by atoms with Crippen LogP contribution in [0.1, 0.15) is 53.4 Å². The maximum atomic E-state index is 13.3. The summed E-state index contributed by atoms with van der Waals surface area (Å²) in [5.41, 5.74) is 0.694. The molecule has 0 spiro atoms. The Morgan fingerprint density at radius 3 is 2.65 bits per heavy atom. The number of piperidine rings is 1. The number of ether oxygens (including phenoxy) is 1.